The fourth-order valence-corrected chi connectivity index (χ4v) is 4.05. The van der Waals surface area contributed by atoms with Crippen molar-refractivity contribution in [3.63, 3.8) is 0 Å². The lowest BCUT2D eigenvalue weighted by Gasteiger charge is -2.06. The molecule has 3 rings (SSSR count). The molecule has 0 fully saturated rings. The number of halogens is 1. The van der Waals surface area contributed by atoms with E-state index in [9.17, 15) is 5.26 Å². The van der Waals surface area contributed by atoms with Gasteiger partial charge in [0.2, 0.25) is 0 Å². The first kappa shape index (κ1) is 15.7. The molecule has 0 spiro atoms. The van der Waals surface area contributed by atoms with E-state index in [1.54, 1.807) is 6.08 Å². The van der Waals surface area contributed by atoms with Gasteiger partial charge in [-0.1, -0.05) is 48.0 Å². The highest BCUT2D eigenvalue weighted by Crippen LogP contribution is 2.37. The Morgan fingerprint density at radius 2 is 2.13 bits per heavy atom. The molecule has 2 heterocycles. The molecule has 0 aliphatic rings. The first-order valence-corrected chi connectivity index (χ1v) is 8.54. The highest BCUT2D eigenvalue weighted by molar-refractivity contribution is 8.01. The number of rotatable bonds is 5. The van der Waals surface area contributed by atoms with Gasteiger partial charge < -0.3 is 0 Å². The first-order chi connectivity index (χ1) is 11.2. The van der Waals surface area contributed by atoms with Gasteiger partial charge in [-0.15, -0.1) is 16.8 Å². The first-order valence-electron chi connectivity index (χ1n) is 6.57. The molecule has 0 saturated carbocycles. The van der Waals surface area contributed by atoms with Crippen molar-refractivity contribution in [1.82, 2.24) is 19.1 Å². The topological polar surface area (TPSA) is 67.4 Å². The predicted octanol–water partition coefficient (Wildman–Crippen LogP) is 4.26. The Morgan fingerprint density at radius 1 is 1.35 bits per heavy atom. The van der Waals surface area contributed by atoms with Crippen LogP contribution >= 0.6 is 34.9 Å². The lowest BCUT2D eigenvalue weighted by Crippen LogP contribution is -2.00. The van der Waals surface area contributed by atoms with E-state index in [0.717, 1.165) is 11.4 Å². The number of nitriles is 1. The maximum Gasteiger partial charge on any atom is 0.197 e. The van der Waals surface area contributed by atoms with Crippen molar-refractivity contribution in [2.45, 2.75) is 15.9 Å². The van der Waals surface area contributed by atoms with E-state index in [0.29, 0.717) is 21.5 Å². The molecule has 0 aliphatic heterocycles. The summed E-state index contributed by atoms with van der Waals surface area (Å²) < 4.78 is 6.66. The molecule has 2 aromatic heterocycles. The maximum atomic E-state index is 9.18. The van der Waals surface area contributed by atoms with E-state index in [1.807, 2.05) is 34.9 Å². The molecule has 5 nitrogen and oxygen atoms in total. The fraction of sp³-hybridized carbons (Fsp3) is 0.0667. The zero-order chi connectivity index (χ0) is 16.2. The Balaban J connectivity index is 2.02. The molecule has 0 unspecified atom stereocenters. The van der Waals surface area contributed by atoms with Crippen molar-refractivity contribution in [2.24, 2.45) is 0 Å². The number of allylic oxidation sites excluding steroid dienone is 1. The van der Waals surface area contributed by atoms with Crippen molar-refractivity contribution in [3.8, 4) is 17.5 Å². The Morgan fingerprint density at radius 3 is 2.83 bits per heavy atom. The Hall–Kier alpha value is -2.14. The summed E-state index contributed by atoms with van der Waals surface area (Å²) in [6.07, 6.45) is 1.78. The Labute approximate surface area is 146 Å². The van der Waals surface area contributed by atoms with Gasteiger partial charge in [-0.25, -0.2) is 0 Å². The highest BCUT2D eigenvalue weighted by atomic mass is 35.5. The molecule has 0 radical (unpaired) electrons. The molecule has 23 heavy (non-hydrogen) atoms. The summed E-state index contributed by atoms with van der Waals surface area (Å²) >= 11 is 8.43. The molecule has 0 bridgehead atoms. The number of benzene rings is 1. The standard InChI is InChI=1S/C15H10ClN5S2/c1-2-8-21-13(10-6-4-3-5-7-10)18-19-15(21)22-14-11(9-17)12(16)20-23-14/h2-7H,1,8H2. The summed E-state index contributed by atoms with van der Waals surface area (Å²) in [6.45, 7) is 4.35. The molecular formula is C15H10ClN5S2. The van der Waals surface area contributed by atoms with Crippen molar-refractivity contribution in [2.75, 3.05) is 0 Å². The normalized spacial score (nSPS) is 10.4. The summed E-state index contributed by atoms with van der Waals surface area (Å²) in [7, 11) is 0. The molecule has 0 aliphatic carbocycles. The van der Waals surface area contributed by atoms with Gasteiger partial charge in [-0.05, 0) is 23.3 Å². The van der Waals surface area contributed by atoms with Gasteiger partial charge in [0, 0.05) is 12.1 Å². The van der Waals surface area contributed by atoms with Crippen LogP contribution in [-0.4, -0.2) is 19.1 Å². The molecule has 8 heteroatoms. The quantitative estimate of drug-likeness (QED) is 0.636. The molecule has 114 valence electrons. The third-order valence-corrected chi connectivity index (χ3v) is 5.34. The van der Waals surface area contributed by atoms with Crippen LogP contribution in [0.5, 0.6) is 0 Å². The summed E-state index contributed by atoms with van der Waals surface area (Å²) in [5.41, 5.74) is 1.34. The van der Waals surface area contributed by atoms with Crippen molar-refractivity contribution >= 4 is 34.9 Å². The molecule has 0 saturated heterocycles. The van der Waals surface area contributed by atoms with Crippen LogP contribution in [0.4, 0.5) is 0 Å². The number of hydrogen-bond donors (Lipinski definition) is 0. The SMILES string of the molecule is C=CCn1c(Sc2snc(Cl)c2C#N)nnc1-c1ccccc1. The summed E-state index contributed by atoms with van der Waals surface area (Å²) in [4.78, 5) is 0. The van der Waals surface area contributed by atoms with Crippen LogP contribution in [0.15, 0.2) is 52.4 Å². The van der Waals surface area contributed by atoms with E-state index in [2.05, 4.69) is 27.2 Å². The van der Waals surface area contributed by atoms with Crippen LogP contribution < -0.4 is 0 Å². The molecular weight excluding hydrogens is 350 g/mol. The van der Waals surface area contributed by atoms with Gasteiger partial charge in [-0.2, -0.15) is 9.64 Å². The average molecular weight is 360 g/mol. The lowest BCUT2D eigenvalue weighted by molar-refractivity contribution is 0.731. The van der Waals surface area contributed by atoms with E-state index in [4.69, 9.17) is 11.6 Å². The predicted molar refractivity (Wildman–Crippen MR) is 91.6 cm³/mol. The third kappa shape index (κ3) is 3.15. The second kappa shape index (κ2) is 6.96. The third-order valence-electron chi connectivity index (χ3n) is 2.98. The molecule has 0 N–H and O–H groups in total. The summed E-state index contributed by atoms with van der Waals surface area (Å²) in [5.74, 6) is 0.752. The minimum absolute atomic E-state index is 0.220. The summed E-state index contributed by atoms with van der Waals surface area (Å²) in [6, 6.07) is 11.9. The van der Waals surface area contributed by atoms with Gasteiger partial charge in [0.15, 0.2) is 16.1 Å². The Kier molecular flexibility index (Phi) is 4.76. The lowest BCUT2D eigenvalue weighted by atomic mass is 10.2. The van der Waals surface area contributed by atoms with Gasteiger partial charge in [0.05, 0.1) is 0 Å². The van der Waals surface area contributed by atoms with E-state index in [-0.39, 0.29) is 5.15 Å². The molecule has 1 aromatic carbocycles. The van der Waals surface area contributed by atoms with Crippen LogP contribution in [0.25, 0.3) is 11.4 Å². The molecule has 0 atom stereocenters. The molecule has 0 amide bonds. The van der Waals surface area contributed by atoms with Crippen molar-refractivity contribution in [3.05, 3.63) is 53.7 Å². The van der Waals surface area contributed by atoms with Crippen LogP contribution in [0.1, 0.15) is 5.56 Å². The average Bonchev–Trinajstić information content (AvgIpc) is 3.13. The van der Waals surface area contributed by atoms with E-state index < -0.39 is 0 Å². The second-order valence-electron chi connectivity index (χ2n) is 4.42. The van der Waals surface area contributed by atoms with Crippen molar-refractivity contribution in [1.29, 1.82) is 5.26 Å². The number of nitrogens with zero attached hydrogens (tertiary/aromatic N) is 5. The second-order valence-corrected chi connectivity index (χ2v) is 6.79. The zero-order valence-electron chi connectivity index (χ0n) is 11.8. The van der Waals surface area contributed by atoms with Gasteiger partial charge in [-0.3, -0.25) is 4.57 Å². The van der Waals surface area contributed by atoms with E-state index >= 15 is 0 Å². The number of hydrogen-bond acceptors (Lipinski definition) is 6. The minimum atomic E-state index is 0.220. The number of aromatic nitrogens is 4. The van der Waals surface area contributed by atoms with Crippen LogP contribution in [0, 0.1) is 11.3 Å². The van der Waals surface area contributed by atoms with Gasteiger partial charge in [0.1, 0.15) is 15.8 Å². The fourth-order valence-electron chi connectivity index (χ4n) is 1.96. The van der Waals surface area contributed by atoms with Crippen LogP contribution in [-0.2, 0) is 6.54 Å². The smallest absolute Gasteiger partial charge is 0.197 e. The van der Waals surface area contributed by atoms with Crippen LogP contribution in [0.2, 0.25) is 5.15 Å². The van der Waals surface area contributed by atoms with Crippen LogP contribution in [0.3, 0.4) is 0 Å². The zero-order valence-corrected chi connectivity index (χ0v) is 14.2. The Bertz CT molecular complexity index is 879. The van der Waals surface area contributed by atoms with Crippen molar-refractivity contribution < 1.29 is 0 Å². The molecule has 3 aromatic rings. The maximum absolute atomic E-state index is 9.18. The van der Waals surface area contributed by atoms with Gasteiger partial charge >= 0.3 is 0 Å². The highest BCUT2D eigenvalue weighted by Gasteiger charge is 2.19. The largest absolute Gasteiger partial charge is 0.298 e. The van der Waals surface area contributed by atoms with E-state index in [1.165, 1.54) is 23.3 Å². The summed E-state index contributed by atoms with van der Waals surface area (Å²) in [5, 5.41) is 18.6. The van der Waals surface area contributed by atoms with Gasteiger partial charge in [0.25, 0.3) is 0 Å². The minimum Gasteiger partial charge on any atom is -0.298 e. The monoisotopic (exact) mass is 359 g/mol.